The molecule has 2 aliphatic rings. The van der Waals surface area contributed by atoms with Gasteiger partial charge in [-0.25, -0.2) is 0 Å². The second kappa shape index (κ2) is 7.93. The first-order valence-electron chi connectivity index (χ1n) is 8.87. The molecule has 2 aliphatic heterocycles. The molecule has 0 saturated carbocycles. The van der Waals surface area contributed by atoms with E-state index in [-0.39, 0.29) is 11.8 Å². The lowest BCUT2D eigenvalue weighted by molar-refractivity contribution is -0.128. The third-order valence-electron chi connectivity index (χ3n) is 5.10. The van der Waals surface area contributed by atoms with E-state index in [1.807, 2.05) is 0 Å². The lowest BCUT2D eigenvalue weighted by atomic mass is 9.95. The lowest BCUT2D eigenvalue weighted by Gasteiger charge is -2.33. The fourth-order valence-corrected chi connectivity index (χ4v) is 3.60. The molecule has 126 valence electrons. The van der Waals surface area contributed by atoms with E-state index in [0.717, 1.165) is 58.5 Å². The molecular weight excluding hydrogens is 288 g/mol. The van der Waals surface area contributed by atoms with Crippen molar-refractivity contribution in [2.45, 2.75) is 45.2 Å². The van der Waals surface area contributed by atoms with E-state index in [4.69, 9.17) is 4.74 Å². The third-order valence-corrected chi connectivity index (χ3v) is 5.10. The average molecular weight is 316 g/mol. The van der Waals surface area contributed by atoms with Gasteiger partial charge in [-0.15, -0.1) is 0 Å². The molecule has 0 bridgehead atoms. The van der Waals surface area contributed by atoms with Crippen LogP contribution in [0.25, 0.3) is 0 Å². The molecule has 1 atom stereocenters. The van der Waals surface area contributed by atoms with Gasteiger partial charge in [-0.2, -0.15) is 0 Å². The quantitative estimate of drug-likeness (QED) is 0.928. The number of amides is 1. The molecule has 0 spiro atoms. The zero-order valence-corrected chi connectivity index (χ0v) is 14.1. The van der Waals surface area contributed by atoms with Gasteiger partial charge < -0.3 is 10.1 Å². The molecule has 0 radical (unpaired) electrons. The maximum Gasteiger partial charge on any atom is 0.224 e. The number of hydrogen-bond acceptors (Lipinski definition) is 3. The van der Waals surface area contributed by atoms with Crippen molar-refractivity contribution >= 4 is 5.91 Å². The molecule has 1 N–H and O–H groups in total. The van der Waals surface area contributed by atoms with Crippen molar-refractivity contribution in [3.05, 3.63) is 35.4 Å². The van der Waals surface area contributed by atoms with Crippen LogP contribution in [0.15, 0.2) is 24.3 Å². The number of hydrogen-bond donors (Lipinski definition) is 1. The highest BCUT2D eigenvalue weighted by atomic mass is 16.5. The van der Waals surface area contributed by atoms with Crippen LogP contribution in [0.5, 0.6) is 0 Å². The molecule has 2 heterocycles. The minimum absolute atomic E-state index is 0.135. The van der Waals surface area contributed by atoms with Crippen LogP contribution in [0, 0.1) is 12.8 Å². The van der Waals surface area contributed by atoms with Gasteiger partial charge in [-0.05, 0) is 50.3 Å². The van der Waals surface area contributed by atoms with E-state index in [2.05, 4.69) is 41.4 Å². The Hall–Kier alpha value is -1.39. The molecule has 0 aliphatic carbocycles. The Bertz CT molecular complexity index is 526. The molecule has 3 rings (SSSR count). The van der Waals surface area contributed by atoms with Gasteiger partial charge in [0.1, 0.15) is 0 Å². The molecule has 1 aromatic carbocycles. The number of nitrogens with zero attached hydrogens (tertiary/aromatic N) is 1. The van der Waals surface area contributed by atoms with E-state index < -0.39 is 0 Å². The summed E-state index contributed by atoms with van der Waals surface area (Å²) in [7, 11) is 0. The monoisotopic (exact) mass is 316 g/mol. The van der Waals surface area contributed by atoms with Crippen LogP contribution >= 0.6 is 0 Å². The maximum atomic E-state index is 12.6. The van der Waals surface area contributed by atoms with Gasteiger partial charge in [0.2, 0.25) is 5.91 Å². The van der Waals surface area contributed by atoms with Crippen LogP contribution in [0.3, 0.4) is 0 Å². The van der Waals surface area contributed by atoms with E-state index in [1.165, 1.54) is 11.1 Å². The summed E-state index contributed by atoms with van der Waals surface area (Å²) in [4.78, 5) is 15.0. The Labute approximate surface area is 139 Å². The Kier molecular flexibility index (Phi) is 5.68. The van der Waals surface area contributed by atoms with Crippen molar-refractivity contribution < 1.29 is 9.53 Å². The predicted octanol–water partition coefficient (Wildman–Crippen LogP) is 2.50. The standard InChI is InChI=1S/C19H28N2O2/c1-15-5-2-3-6-16(15)13-21-10-4-7-17(14-21)19(22)20-18-8-11-23-12-9-18/h2-3,5-6,17-18H,4,7-14H2,1H3,(H,20,22). The number of carbonyl (C=O) groups excluding carboxylic acids is 1. The molecule has 23 heavy (non-hydrogen) atoms. The van der Waals surface area contributed by atoms with Crippen molar-refractivity contribution in [1.29, 1.82) is 0 Å². The summed E-state index contributed by atoms with van der Waals surface area (Å²) < 4.78 is 5.36. The number of carbonyl (C=O) groups is 1. The van der Waals surface area contributed by atoms with Gasteiger partial charge in [0.25, 0.3) is 0 Å². The number of rotatable bonds is 4. The molecule has 0 aromatic heterocycles. The molecule has 4 nitrogen and oxygen atoms in total. The Morgan fingerprint density at radius 2 is 2.04 bits per heavy atom. The fraction of sp³-hybridized carbons (Fsp3) is 0.632. The SMILES string of the molecule is Cc1ccccc1CN1CCCC(C(=O)NC2CCOCC2)C1. The number of likely N-dealkylation sites (tertiary alicyclic amines) is 1. The number of ether oxygens (including phenoxy) is 1. The zero-order chi connectivity index (χ0) is 16.1. The number of aryl methyl sites for hydroxylation is 1. The molecule has 1 aromatic rings. The second-order valence-electron chi connectivity index (χ2n) is 6.90. The van der Waals surface area contributed by atoms with Crippen LogP contribution in [0.2, 0.25) is 0 Å². The molecule has 1 unspecified atom stereocenters. The largest absolute Gasteiger partial charge is 0.381 e. The predicted molar refractivity (Wildman–Crippen MR) is 91.2 cm³/mol. The first kappa shape index (κ1) is 16.5. The Morgan fingerprint density at radius 3 is 2.83 bits per heavy atom. The van der Waals surface area contributed by atoms with Crippen molar-refractivity contribution in [1.82, 2.24) is 10.2 Å². The highest BCUT2D eigenvalue weighted by Crippen LogP contribution is 2.20. The molecular formula is C19H28N2O2. The Balaban J connectivity index is 1.53. The molecule has 4 heteroatoms. The van der Waals surface area contributed by atoms with Crippen LogP contribution in [0.4, 0.5) is 0 Å². The van der Waals surface area contributed by atoms with E-state index in [9.17, 15) is 4.79 Å². The summed E-state index contributed by atoms with van der Waals surface area (Å²) >= 11 is 0. The summed E-state index contributed by atoms with van der Waals surface area (Å²) in [5.41, 5.74) is 2.71. The van der Waals surface area contributed by atoms with Crippen molar-refractivity contribution in [2.75, 3.05) is 26.3 Å². The fourth-order valence-electron chi connectivity index (χ4n) is 3.60. The van der Waals surface area contributed by atoms with Gasteiger partial charge in [-0.3, -0.25) is 9.69 Å². The van der Waals surface area contributed by atoms with Crippen LogP contribution in [0.1, 0.15) is 36.8 Å². The van der Waals surface area contributed by atoms with E-state index in [0.29, 0.717) is 6.04 Å². The number of benzene rings is 1. The van der Waals surface area contributed by atoms with Gasteiger partial charge in [0, 0.05) is 32.3 Å². The van der Waals surface area contributed by atoms with Crippen molar-refractivity contribution in [2.24, 2.45) is 5.92 Å². The number of piperidine rings is 1. The van der Waals surface area contributed by atoms with E-state index in [1.54, 1.807) is 0 Å². The van der Waals surface area contributed by atoms with Crippen molar-refractivity contribution in [3.8, 4) is 0 Å². The summed E-state index contributed by atoms with van der Waals surface area (Å²) in [6.07, 6.45) is 4.02. The van der Waals surface area contributed by atoms with Gasteiger partial charge >= 0.3 is 0 Å². The van der Waals surface area contributed by atoms with Crippen LogP contribution in [-0.2, 0) is 16.1 Å². The van der Waals surface area contributed by atoms with Crippen molar-refractivity contribution in [3.63, 3.8) is 0 Å². The minimum Gasteiger partial charge on any atom is -0.381 e. The minimum atomic E-state index is 0.135. The normalized spacial score (nSPS) is 23.6. The molecule has 1 amide bonds. The third kappa shape index (κ3) is 4.55. The second-order valence-corrected chi connectivity index (χ2v) is 6.90. The summed E-state index contributed by atoms with van der Waals surface area (Å²) in [5, 5.41) is 3.24. The van der Waals surface area contributed by atoms with Crippen LogP contribution < -0.4 is 5.32 Å². The summed E-state index contributed by atoms with van der Waals surface area (Å²) in [6.45, 7) is 6.63. The zero-order valence-electron chi connectivity index (χ0n) is 14.1. The first-order valence-corrected chi connectivity index (χ1v) is 8.87. The number of nitrogens with one attached hydrogen (secondary N) is 1. The summed E-state index contributed by atoms with van der Waals surface area (Å²) in [6, 6.07) is 8.85. The van der Waals surface area contributed by atoms with Gasteiger partial charge in [-0.1, -0.05) is 24.3 Å². The van der Waals surface area contributed by atoms with Crippen LogP contribution in [-0.4, -0.2) is 43.2 Å². The van der Waals surface area contributed by atoms with Gasteiger partial charge in [0.15, 0.2) is 0 Å². The maximum absolute atomic E-state index is 12.6. The first-order chi connectivity index (χ1) is 11.2. The highest BCUT2D eigenvalue weighted by molar-refractivity contribution is 5.79. The lowest BCUT2D eigenvalue weighted by Crippen LogP contribution is -2.47. The van der Waals surface area contributed by atoms with Gasteiger partial charge in [0.05, 0.1) is 5.92 Å². The van der Waals surface area contributed by atoms with E-state index >= 15 is 0 Å². The highest BCUT2D eigenvalue weighted by Gasteiger charge is 2.27. The average Bonchev–Trinajstić information content (AvgIpc) is 2.58. The molecule has 2 saturated heterocycles. The molecule has 2 fully saturated rings. The Morgan fingerprint density at radius 1 is 1.26 bits per heavy atom. The smallest absolute Gasteiger partial charge is 0.224 e. The topological polar surface area (TPSA) is 41.6 Å². The summed E-state index contributed by atoms with van der Waals surface area (Å²) in [5.74, 6) is 0.377.